The molecule has 3 N–H and O–H groups in total. The van der Waals surface area contributed by atoms with E-state index in [1.807, 2.05) is 30.3 Å². The van der Waals surface area contributed by atoms with E-state index in [-0.39, 0.29) is 25.2 Å². The number of unbranched alkanes of at least 4 members (excludes halogenated alkanes) is 11. The number of amides is 1. The maximum atomic E-state index is 12.1. The zero-order chi connectivity index (χ0) is 31.4. The van der Waals surface area contributed by atoms with Crippen molar-refractivity contribution in [3.05, 3.63) is 71.8 Å². The maximum Gasteiger partial charge on any atom is 0.347 e. The van der Waals surface area contributed by atoms with Gasteiger partial charge in [0.1, 0.15) is 0 Å². The molecule has 0 bridgehead atoms. The molecule has 0 aliphatic rings. The summed E-state index contributed by atoms with van der Waals surface area (Å²) < 4.78 is 25.5. The van der Waals surface area contributed by atoms with Crippen LogP contribution in [0.2, 0.25) is 0 Å². The van der Waals surface area contributed by atoms with Crippen molar-refractivity contribution in [2.45, 2.75) is 128 Å². The summed E-state index contributed by atoms with van der Waals surface area (Å²) in [6.07, 6.45) is 18.7. The second kappa shape index (κ2) is 27.3. The minimum Gasteiger partial charge on any atom is -0.394 e. The molecule has 2 unspecified atom stereocenters. The van der Waals surface area contributed by atoms with Gasteiger partial charge in [-0.15, -0.1) is 0 Å². The van der Waals surface area contributed by atoms with Gasteiger partial charge in [0.2, 0.25) is 5.91 Å². The van der Waals surface area contributed by atoms with E-state index in [0.29, 0.717) is 13.0 Å². The summed E-state index contributed by atoms with van der Waals surface area (Å²) in [5.41, 5.74) is 2.35. The van der Waals surface area contributed by atoms with Crippen LogP contribution in [0.4, 0.5) is 0 Å². The number of aliphatic hydroxyl groups excluding tert-OH is 2. The first-order valence-corrected chi connectivity index (χ1v) is 17.6. The normalized spacial score (nSPS) is 12.2. The highest BCUT2D eigenvalue weighted by Crippen LogP contribution is 2.13. The number of benzene rings is 2. The Morgan fingerprint density at radius 1 is 0.767 bits per heavy atom. The average Bonchev–Trinajstić information content (AvgIpc) is 3.02. The van der Waals surface area contributed by atoms with E-state index in [1.54, 1.807) is 0 Å². The molecular formula is C35H56NO6P. The van der Waals surface area contributed by atoms with Gasteiger partial charge in [0.05, 0.1) is 25.9 Å². The van der Waals surface area contributed by atoms with Crippen molar-refractivity contribution >= 4 is 13.6 Å². The highest BCUT2D eigenvalue weighted by atomic mass is 31.1. The van der Waals surface area contributed by atoms with E-state index in [4.69, 9.17) is 9.84 Å². The second-order valence-corrected chi connectivity index (χ2v) is 12.4. The van der Waals surface area contributed by atoms with Crippen LogP contribution in [-0.2, 0) is 31.7 Å². The molecule has 2 aromatic carbocycles. The topological polar surface area (TPSA) is 113 Å². The van der Waals surface area contributed by atoms with E-state index < -0.39 is 13.5 Å². The van der Waals surface area contributed by atoms with Gasteiger partial charge in [-0.2, -0.15) is 0 Å². The lowest BCUT2D eigenvalue weighted by molar-refractivity contribution is -0.122. The first-order chi connectivity index (χ1) is 21.0. The molecule has 0 spiro atoms. The highest BCUT2D eigenvalue weighted by Gasteiger charge is 2.11. The van der Waals surface area contributed by atoms with Crippen molar-refractivity contribution in [2.24, 2.45) is 0 Å². The Kier molecular flexibility index (Phi) is 24.5. The van der Waals surface area contributed by atoms with Crippen LogP contribution in [0.25, 0.3) is 0 Å². The van der Waals surface area contributed by atoms with Crippen LogP contribution in [0.5, 0.6) is 0 Å². The SMILES string of the molecule is CCCCCCCCCCCC(=O)NC(CO)CCCCCCc1ccccc1.O=P(=O)C(O)COCc1ccccc1. The third-order valence-corrected chi connectivity index (χ3v) is 7.96. The summed E-state index contributed by atoms with van der Waals surface area (Å²) >= 11 is 0. The van der Waals surface area contributed by atoms with Crippen molar-refractivity contribution in [3.63, 3.8) is 0 Å². The molecule has 0 aliphatic heterocycles. The fraction of sp³-hybridized carbons (Fsp3) is 0.629. The number of hydrogen-bond donors (Lipinski definition) is 3. The largest absolute Gasteiger partial charge is 0.394 e. The fourth-order valence-electron chi connectivity index (χ4n) is 4.74. The molecule has 242 valence electrons. The van der Waals surface area contributed by atoms with Gasteiger partial charge in [0.15, 0.2) is 5.85 Å². The molecule has 2 rings (SSSR count). The lowest BCUT2D eigenvalue weighted by Crippen LogP contribution is -2.37. The van der Waals surface area contributed by atoms with Gasteiger partial charge < -0.3 is 20.3 Å². The molecule has 0 heterocycles. The molecule has 1 amide bonds. The van der Waals surface area contributed by atoms with Crippen LogP contribution in [-0.4, -0.2) is 41.2 Å². The van der Waals surface area contributed by atoms with Crippen LogP contribution in [0.1, 0.15) is 114 Å². The van der Waals surface area contributed by atoms with E-state index in [1.165, 1.54) is 63.4 Å². The lowest BCUT2D eigenvalue weighted by atomic mass is 10.0. The van der Waals surface area contributed by atoms with Gasteiger partial charge in [-0.3, -0.25) is 4.79 Å². The molecule has 0 saturated carbocycles. The molecule has 0 aromatic heterocycles. The van der Waals surface area contributed by atoms with Crippen LogP contribution in [0.15, 0.2) is 60.7 Å². The smallest absolute Gasteiger partial charge is 0.347 e. The van der Waals surface area contributed by atoms with Crippen LogP contribution in [0.3, 0.4) is 0 Å². The first kappa shape index (κ1) is 38.7. The van der Waals surface area contributed by atoms with Gasteiger partial charge in [-0.25, -0.2) is 9.13 Å². The molecule has 8 heteroatoms. The molecule has 0 saturated heterocycles. The lowest BCUT2D eigenvalue weighted by Gasteiger charge is -2.16. The van der Waals surface area contributed by atoms with Gasteiger partial charge >= 0.3 is 7.68 Å². The zero-order valence-electron chi connectivity index (χ0n) is 26.3. The molecule has 0 fully saturated rings. The Morgan fingerprint density at radius 2 is 1.30 bits per heavy atom. The van der Waals surface area contributed by atoms with Crippen molar-refractivity contribution in [2.75, 3.05) is 13.2 Å². The second-order valence-electron chi connectivity index (χ2n) is 11.2. The molecule has 7 nitrogen and oxygen atoms in total. The number of aliphatic hydroxyl groups is 2. The molecule has 43 heavy (non-hydrogen) atoms. The molecule has 0 aliphatic carbocycles. The first-order valence-electron chi connectivity index (χ1n) is 16.3. The van der Waals surface area contributed by atoms with E-state index in [9.17, 15) is 19.0 Å². The van der Waals surface area contributed by atoms with Gasteiger partial charge in [-0.1, -0.05) is 138 Å². The molecule has 2 aromatic rings. The summed E-state index contributed by atoms with van der Waals surface area (Å²) in [4.78, 5) is 12.1. The third-order valence-electron chi connectivity index (χ3n) is 7.33. The Bertz CT molecular complexity index is 978. The van der Waals surface area contributed by atoms with Crippen molar-refractivity contribution in [3.8, 4) is 0 Å². The number of ether oxygens (including phenoxy) is 1. The number of nitrogens with one attached hydrogen (secondary N) is 1. The Balaban J connectivity index is 0.000000549. The molecule has 0 radical (unpaired) electrons. The highest BCUT2D eigenvalue weighted by molar-refractivity contribution is 7.31. The van der Waals surface area contributed by atoms with Crippen molar-refractivity contribution in [1.29, 1.82) is 0 Å². The Labute approximate surface area is 260 Å². The van der Waals surface area contributed by atoms with Crippen LogP contribution in [0, 0.1) is 0 Å². The number of aryl methyl sites for hydroxylation is 1. The average molecular weight is 618 g/mol. The summed E-state index contributed by atoms with van der Waals surface area (Å²) in [5, 5.41) is 21.4. The van der Waals surface area contributed by atoms with Gasteiger partial charge in [-0.05, 0) is 36.8 Å². The summed E-state index contributed by atoms with van der Waals surface area (Å²) in [6, 6.07) is 19.9. The number of rotatable bonds is 24. The minimum atomic E-state index is -2.81. The molecule has 2 atom stereocenters. The number of hydrogen-bond acceptors (Lipinski definition) is 6. The predicted octanol–water partition coefficient (Wildman–Crippen LogP) is 8.27. The predicted molar refractivity (Wildman–Crippen MR) is 174 cm³/mol. The maximum absolute atomic E-state index is 12.1. The van der Waals surface area contributed by atoms with Gasteiger partial charge in [0, 0.05) is 6.42 Å². The number of carbonyl (C=O) groups is 1. The van der Waals surface area contributed by atoms with E-state index in [2.05, 4.69) is 42.6 Å². The standard InChI is InChI=1S/C26H45NO2.C9H11O4P/c1-2-3-4-5-6-7-8-9-17-22-26(29)27-25(23-28)21-16-11-10-13-18-24-19-14-12-15-20-24;10-9(14(11)12)7-13-6-8-4-2-1-3-5-8/h12,14-15,19-20,25,28H,2-11,13,16-18,21-23H2,1H3,(H,27,29);1-5,9-10H,6-7H2. The summed E-state index contributed by atoms with van der Waals surface area (Å²) in [5.74, 6) is -1.30. The Hall–Kier alpha value is -2.31. The quantitative estimate of drug-likeness (QED) is 0.0807. The molecular weight excluding hydrogens is 561 g/mol. The van der Waals surface area contributed by atoms with E-state index in [0.717, 1.165) is 44.1 Å². The van der Waals surface area contributed by atoms with Crippen LogP contribution < -0.4 is 5.32 Å². The van der Waals surface area contributed by atoms with E-state index >= 15 is 0 Å². The summed E-state index contributed by atoms with van der Waals surface area (Å²) in [6.45, 7) is 2.42. The zero-order valence-corrected chi connectivity index (χ0v) is 27.2. The minimum absolute atomic E-state index is 0.0491. The van der Waals surface area contributed by atoms with Crippen LogP contribution >= 0.6 is 7.68 Å². The number of carbonyl (C=O) groups excluding carboxylic acids is 1. The monoisotopic (exact) mass is 617 g/mol. The Morgan fingerprint density at radius 3 is 1.88 bits per heavy atom. The van der Waals surface area contributed by atoms with Crippen molar-refractivity contribution in [1.82, 2.24) is 5.32 Å². The summed E-state index contributed by atoms with van der Waals surface area (Å²) in [7, 11) is -2.81. The van der Waals surface area contributed by atoms with Gasteiger partial charge in [0.25, 0.3) is 0 Å². The fourth-order valence-corrected chi connectivity index (χ4v) is 4.97. The van der Waals surface area contributed by atoms with Crippen molar-refractivity contribution < 1.29 is 28.9 Å². The third kappa shape index (κ3) is 22.8.